The monoisotopic (exact) mass is 197 g/mol. The number of nitrogens with two attached hydrogens (primary N) is 1. The minimum Gasteiger partial charge on any atom is -0.327 e. The fourth-order valence-electron chi connectivity index (χ4n) is 1.12. The molecule has 2 nitrogen and oxygen atoms in total. The van der Waals surface area contributed by atoms with Gasteiger partial charge in [-0.15, -0.1) is 11.3 Å². The minimum atomic E-state index is 0.0347. The maximum atomic E-state index is 11.4. The van der Waals surface area contributed by atoms with Crippen molar-refractivity contribution in [3.8, 4) is 0 Å². The van der Waals surface area contributed by atoms with Crippen LogP contribution in [0.5, 0.6) is 0 Å². The van der Waals surface area contributed by atoms with Crippen molar-refractivity contribution in [2.24, 2.45) is 5.73 Å². The highest BCUT2D eigenvalue weighted by molar-refractivity contribution is 7.10. The number of carbonyl (C=O) groups excluding carboxylic acids is 1. The summed E-state index contributed by atoms with van der Waals surface area (Å²) in [6, 6.07) is 3.99. The molecule has 0 spiro atoms. The van der Waals surface area contributed by atoms with Crippen LogP contribution in [0.4, 0.5) is 0 Å². The van der Waals surface area contributed by atoms with Gasteiger partial charge in [0.15, 0.2) is 0 Å². The maximum absolute atomic E-state index is 11.4. The third kappa shape index (κ3) is 3.70. The molecule has 0 aliphatic heterocycles. The number of hydrogen-bond acceptors (Lipinski definition) is 3. The van der Waals surface area contributed by atoms with Crippen molar-refractivity contribution in [2.45, 2.75) is 32.2 Å². The van der Waals surface area contributed by atoms with E-state index in [0.717, 1.165) is 11.3 Å². The van der Waals surface area contributed by atoms with Crippen molar-refractivity contribution in [3.63, 3.8) is 0 Å². The fourth-order valence-corrected chi connectivity index (χ4v) is 1.85. The van der Waals surface area contributed by atoms with E-state index in [1.165, 1.54) is 0 Å². The molecule has 0 saturated heterocycles. The smallest absolute Gasteiger partial charge is 0.139 e. The molecule has 1 unspecified atom stereocenters. The van der Waals surface area contributed by atoms with Crippen LogP contribution >= 0.6 is 11.3 Å². The van der Waals surface area contributed by atoms with E-state index in [0.29, 0.717) is 12.8 Å². The fraction of sp³-hybridized carbons (Fsp3) is 0.500. The molecule has 0 bridgehead atoms. The molecule has 3 heteroatoms. The van der Waals surface area contributed by atoms with Gasteiger partial charge in [-0.25, -0.2) is 0 Å². The molecule has 0 saturated carbocycles. The van der Waals surface area contributed by atoms with Gasteiger partial charge in [-0.05, 0) is 17.9 Å². The Labute approximate surface area is 82.8 Å². The third-order valence-corrected chi connectivity index (χ3v) is 2.84. The third-order valence-electron chi connectivity index (χ3n) is 1.97. The lowest BCUT2D eigenvalue weighted by atomic mass is 10.1. The molecule has 0 fully saturated rings. The molecule has 0 aliphatic rings. The Hall–Kier alpha value is -0.670. The van der Waals surface area contributed by atoms with Crippen LogP contribution in [0.15, 0.2) is 17.5 Å². The van der Waals surface area contributed by atoms with Gasteiger partial charge in [-0.3, -0.25) is 4.79 Å². The summed E-state index contributed by atoms with van der Waals surface area (Å²) in [6.07, 6.45) is 1.93. The largest absolute Gasteiger partial charge is 0.327 e. The SMILES string of the molecule is CCC(N)CC(=O)Cc1cccs1. The molecule has 72 valence electrons. The van der Waals surface area contributed by atoms with Crippen LogP contribution in [0.1, 0.15) is 24.6 Å². The van der Waals surface area contributed by atoms with E-state index in [4.69, 9.17) is 5.73 Å². The molecule has 0 amide bonds. The lowest BCUT2D eigenvalue weighted by Gasteiger charge is -2.05. The van der Waals surface area contributed by atoms with Crippen molar-refractivity contribution >= 4 is 17.1 Å². The van der Waals surface area contributed by atoms with Crippen LogP contribution in [0.2, 0.25) is 0 Å². The number of Topliss-reactive ketones (excluding diaryl/α,β-unsaturated/α-hetero) is 1. The maximum Gasteiger partial charge on any atom is 0.139 e. The molecular formula is C10H15NOS. The predicted octanol–water partition coefficient (Wildman–Crippen LogP) is 1.99. The lowest BCUT2D eigenvalue weighted by Crippen LogP contribution is -2.23. The van der Waals surface area contributed by atoms with Crippen LogP contribution in [0.25, 0.3) is 0 Å². The van der Waals surface area contributed by atoms with E-state index in [1.54, 1.807) is 11.3 Å². The minimum absolute atomic E-state index is 0.0347. The van der Waals surface area contributed by atoms with E-state index in [2.05, 4.69) is 0 Å². The molecule has 0 radical (unpaired) electrons. The van der Waals surface area contributed by atoms with Gasteiger partial charge in [0.2, 0.25) is 0 Å². The van der Waals surface area contributed by atoms with E-state index in [9.17, 15) is 4.79 Å². The Balaban J connectivity index is 2.34. The van der Waals surface area contributed by atoms with Crippen molar-refractivity contribution in [2.75, 3.05) is 0 Å². The molecule has 1 heterocycles. The first kappa shape index (κ1) is 10.4. The normalized spacial score (nSPS) is 12.8. The van der Waals surface area contributed by atoms with Crippen molar-refractivity contribution in [1.82, 2.24) is 0 Å². The van der Waals surface area contributed by atoms with Crippen molar-refractivity contribution < 1.29 is 4.79 Å². The number of hydrogen-bond donors (Lipinski definition) is 1. The summed E-state index contributed by atoms with van der Waals surface area (Å²) in [5, 5.41) is 1.99. The summed E-state index contributed by atoms with van der Waals surface area (Å²) in [5.74, 6) is 0.247. The second kappa shape index (κ2) is 5.14. The van der Waals surface area contributed by atoms with Gasteiger partial charge in [-0.1, -0.05) is 13.0 Å². The molecule has 0 aromatic carbocycles. The zero-order valence-corrected chi connectivity index (χ0v) is 8.64. The molecule has 1 atom stereocenters. The molecule has 1 aromatic rings. The van der Waals surface area contributed by atoms with Gasteiger partial charge in [0, 0.05) is 23.8 Å². The van der Waals surface area contributed by atoms with Crippen LogP contribution in [-0.2, 0) is 11.2 Å². The van der Waals surface area contributed by atoms with Gasteiger partial charge < -0.3 is 5.73 Å². The number of ketones is 1. The van der Waals surface area contributed by atoms with E-state index in [1.807, 2.05) is 24.4 Å². The average molecular weight is 197 g/mol. The van der Waals surface area contributed by atoms with Crippen molar-refractivity contribution in [3.05, 3.63) is 22.4 Å². The molecule has 1 aromatic heterocycles. The van der Waals surface area contributed by atoms with Gasteiger partial charge in [0.1, 0.15) is 5.78 Å². The second-order valence-corrected chi connectivity index (χ2v) is 4.20. The lowest BCUT2D eigenvalue weighted by molar-refractivity contribution is -0.118. The quantitative estimate of drug-likeness (QED) is 0.784. The first-order valence-electron chi connectivity index (χ1n) is 4.52. The zero-order valence-electron chi connectivity index (χ0n) is 7.82. The second-order valence-electron chi connectivity index (χ2n) is 3.17. The van der Waals surface area contributed by atoms with Gasteiger partial charge in [0.25, 0.3) is 0 Å². The summed E-state index contributed by atoms with van der Waals surface area (Å²) in [6.45, 7) is 2.00. The molecule has 1 rings (SSSR count). The van der Waals surface area contributed by atoms with E-state index in [-0.39, 0.29) is 11.8 Å². The highest BCUT2D eigenvalue weighted by Crippen LogP contribution is 2.10. The highest BCUT2D eigenvalue weighted by atomic mass is 32.1. The zero-order chi connectivity index (χ0) is 9.68. The Morgan fingerprint density at radius 1 is 1.69 bits per heavy atom. The summed E-state index contributed by atoms with van der Waals surface area (Å²) >= 11 is 1.62. The van der Waals surface area contributed by atoms with Gasteiger partial charge in [0.05, 0.1) is 0 Å². The summed E-state index contributed by atoms with van der Waals surface area (Å²) in [5.41, 5.74) is 5.69. The Morgan fingerprint density at radius 2 is 2.46 bits per heavy atom. The Bertz CT molecular complexity index is 256. The van der Waals surface area contributed by atoms with Gasteiger partial charge >= 0.3 is 0 Å². The van der Waals surface area contributed by atoms with Crippen LogP contribution < -0.4 is 5.73 Å². The van der Waals surface area contributed by atoms with Crippen LogP contribution in [0, 0.1) is 0 Å². The molecular weight excluding hydrogens is 182 g/mol. The van der Waals surface area contributed by atoms with Crippen LogP contribution in [0.3, 0.4) is 0 Å². The average Bonchev–Trinajstić information content (AvgIpc) is 2.56. The Morgan fingerprint density at radius 3 is 3.00 bits per heavy atom. The number of rotatable bonds is 5. The first-order chi connectivity index (χ1) is 6.22. The topological polar surface area (TPSA) is 43.1 Å². The van der Waals surface area contributed by atoms with Gasteiger partial charge in [-0.2, -0.15) is 0 Å². The standard InChI is InChI=1S/C10H15NOS/c1-2-8(11)6-9(12)7-10-4-3-5-13-10/h3-5,8H,2,6-7,11H2,1H3. The molecule has 0 aliphatic carbocycles. The van der Waals surface area contributed by atoms with Crippen LogP contribution in [-0.4, -0.2) is 11.8 Å². The van der Waals surface area contributed by atoms with E-state index < -0.39 is 0 Å². The predicted molar refractivity (Wildman–Crippen MR) is 55.9 cm³/mol. The summed E-state index contributed by atoms with van der Waals surface area (Å²) < 4.78 is 0. The summed E-state index contributed by atoms with van der Waals surface area (Å²) in [7, 11) is 0. The highest BCUT2D eigenvalue weighted by Gasteiger charge is 2.08. The molecule has 2 N–H and O–H groups in total. The van der Waals surface area contributed by atoms with E-state index >= 15 is 0 Å². The first-order valence-corrected chi connectivity index (χ1v) is 5.40. The number of carbonyl (C=O) groups is 1. The summed E-state index contributed by atoms with van der Waals surface area (Å²) in [4.78, 5) is 12.5. The van der Waals surface area contributed by atoms with Crippen molar-refractivity contribution in [1.29, 1.82) is 0 Å². The number of thiophene rings is 1. The Kier molecular flexibility index (Phi) is 4.12. The molecule has 13 heavy (non-hydrogen) atoms.